The average molecular weight is 299 g/mol. The molecule has 0 fully saturated rings. The molecule has 5 nitrogen and oxygen atoms in total. The Bertz CT molecular complexity index is 725. The van der Waals surface area contributed by atoms with E-state index in [0.717, 1.165) is 0 Å². The van der Waals surface area contributed by atoms with Crippen molar-refractivity contribution in [2.45, 2.75) is 32.7 Å². The van der Waals surface area contributed by atoms with Crippen molar-refractivity contribution in [3.63, 3.8) is 0 Å². The number of hydrogen-bond donors (Lipinski definition) is 2. The molecule has 1 aromatic heterocycles. The van der Waals surface area contributed by atoms with E-state index >= 15 is 0 Å². The predicted octanol–water partition coefficient (Wildman–Crippen LogP) is 2.37. The normalized spacial score (nSPS) is 11.2. The van der Waals surface area contributed by atoms with Gasteiger partial charge in [0.1, 0.15) is 6.54 Å². The molecule has 22 heavy (non-hydrogen) atoms. The molecule has 2 aromatic rings. The molecule has 0 atom stereocenters. The van der Waals surface area contributed by atoms with Crippen LogP contribution in [-0.2, 0) is 16.8 Å². The molecule has 0 unspecified atom stereocenters. The van der Waals surface area contributed by atoms with E-state index in [2.05, 4.69) is 26.1 Å². The lowest BCUT2D eigenvalue weighted by Gasteiger charge is -2.19. The smallest absolute Gasteiger partial charge is 0.251 e. The minimum absolute atomic E-state index is 0.0646. The molecule has 0 saturated heterocycles. The summed E-state index contributed by atoms with van der Waals surface area (Å²) in [7, 11) is 0. The molecule has 0 aliphatic heterocycles. The van der Waals surface area contributed by atoms with Gasteiger partial charge in [-0.3, -0.25) is 9.59 Å². The fourth-order valence-corrected chi connectivity index (χ4v) is 2.08. The van der Waals surface area contributed by atoms with Gasteiger partial charge >= 0.3 is 0 Å². The third-order valence-electron chi connectivity index (χ3n) is 3.35. The molecule has 0 radical (unpaired) electrons. The van der Waals surface area contributed by atoms with Gasteiger partial charge in [0.25, 0.3) is 5.56 Å². The predicted molar refractivity (Wildman–Crippen MR) is 88.9 cm³/mol. The van der Waals surface area contributed by atoms with Crippen LogP contribution in [0, 0.1) is 0 Å². The van der Waals surface area contributed by atoms with Crippen molar-refractivity contribution in [2.75, 3.05) is 11.1 Å². The van der Waals surface area contributed by atoms with Crippen molar-refractivity contribution >= 4 is 17.3 Å². The first-order valence-electron chi connectivity index (χ1n) is 7.12. The van der Waals surface area contributed by atoms with Crippen LogP contribution >= 0.6 is 0 Å². The molecule has 2 rings (SSSR count). The number of amides is 1. The van der Waals surface area contributed by atoms with Gasteiger partial charge in [-0.15, -0.1) is 0 Å². The molecule has 1 aromatic carbocycles. The first kappa shape index (κ1) is 15.8. The molecular formula is C17H21N3O2. The molecule has 0 spiro atoms. The van der Waals surface area contributed by atoms with E-state index in [0.29, 0.717) is 11.4 Å². The number of pyridine rings is 1. The second kappa shape index (κ2) is 6.05. The number of aromatic nitrogens is 1. The summed E-state index contributed by atoms with van der Waals surface area (Å²) in [6, 6.07) is 10.6. The van der Waals surface area contributed by atoms with Crippen LogP contribution < -0.4 is 16.6 Å². The zero-order chi connectivity index (χ0) is 16.3. The number of carbonyl (C=O) groups excluding carboxylic acids is 1. The highest BCUT2D eigenvalue weighted by Crippen LogP contribution is 2.23. The highest BCUT2D eigenvalue weighted by atomic mass is 16.2. The molecule has 0 bridgehead atoms. The Morgan fingerprint density at radius 3 is 2.36 bits per heavy atom. The van der Waals surface area contributed by atoms with Gasteiger partial charge in [-0.25, -0.2) is 0 Å². The summed E-state index contributed by atoms with van der Waals surface area (Å²) < 4.78 is 1.29. The Balaban J connectivity index is 2.06. The maximum atomic E-state index is 12.0. The Morgan fingerprint density at radius 2 is 1.77 bits per heavy atom. The highest BCUT2D eigenvalue weighted by Gasteiger charge is 2.13. The van der Waals surface area contributed by atoms with Crippen LogP contribution in [0.1, 0.15) is 26.3 Å². The van der Waals surface area contributed by atoms with Gasteiger partial charge in [0, 0.05) is 23.6 Å². The van der Waals surface area contributed by atoms with Crippen LogP contribution in [0.3, 0.4) is 0 Å². The number of anilines is 2. The first-order valence-corrected chi connectivity index (χ1v) is 7.12. The average Bonchev–Trinajstić information content (AvgIpc) is 2.42. The van der Waals surface area contributed by atoms with E-state index < -0.39 is 0 Å². The Labute approximate surface area is 129 Å². The second-order valence-corrected chi connectivity index (χ2v) is 6.30. The van der Waals surface area contributed by atoms with Crippen molar-refractivity contribution in [2.24, 2.45) is 0 Å². The van der Waals surface area contributed by atoms with Crippen molar-refractivity contribution in [3.05, 3.63) is 58.5 Å². The van der Waals surface area contributed by atoms with Crippen LogP contribution in [0.15, 0.2) is 47.4 Å². The van der Waals surface area contributed by atoms with E-state index in [1.807, 2.05) is 24.3 Å². The lowest BCUT2D eigenvalue weighted by Crippen LogP contribution is -2.27. The third kappa shape index (κ3) is 3.97. The summed E-state index contributed by atoms with van der Waals surface area (Å²) in [5, 5.41) is 2.78. The van der Waals surface area contributed by atoms with E-state index in [4.69, 9.17) is 5.73 Å². The fraction of sp³-hybridized carbons (Fsp3) is 0.294. The first-order chi connectivity index (χ1) is 10.3. The molecule has 1 heterocycles. The van der Waals surface area contributed by atoms with Crippen LogP contribution in [-0.4, -0.2) is 10.5 Å². The number of carbonyl (C=O) groups is 1. The lowest BCUT2D eigenvalue weighted by atomic mass is 9.87. The van der Waals surface area contributed by atoms with Gasteiger partial charge in [0.05, 0.1) is 0 Å². The van der Waals surface area contributed by atoms with Crippen molar-refractivity contribution < 1.29 is 4.79 Å². The molecule has 0 saturated carbocycles. The van der Waals surface area contributed by atoms with Gasteiger partial charge in [-0.05, 0) is 29.2 Å². The van der Waals surface area contributed by atoms with Crippen LogP contribution in [0.4, 0.5) is 11.4 Å². The van der Waals surface area contributed by atoms with E-state index in [-0.39, 0.29) is 23.4 Å². The van der Waals surface area contributed by atoms with E-state index in [9.17, 15) is 9.59 Å². The third-order valence-corrected chi connectivity index (χ3v) is 3.35. The SMILES string of the molecule is CC(C)(C)c1ccc(NC(=O)Cn2cc(N)ccc2=O)cc1. The Kier molecular flexibility index (Phi) is 4.35. The number of benzene rings is 1. The summed E-state index contributed by atoms with van der Waals surface area (Å²) >= 11 is 0. The topological polar surface area (TPSA) is 77.1 Å². The highest BCUT2D eigenvalue weighted by molar-refractivity contribution is 5.90. The monoisotopic (exact) mass is 299 g/mol. The summed E-state index contributed by atoms with van der Waals surface area (Å²) in [5.41, 5.74) is 7.77. The molecule has 116 valence electrons. The van der Waals surface area contributed by atoms with Crippen molar-refractivity contribution in [1.82, 2.24) is 4.57 Å². The number of nitrogens with one attached hydrogen (secondary N) is 1. The summed E-state index contributed by atoms with van der Waals surface area (Å²) in [4.78, 5) is 23.7. The Hall–Kier alpha value is -2.56. The molecular weight excluding hydrogens is 278 g/mol. The zero-order valence-electron chi connectivity index (χ0n) is 13.1. The zero-order valence-corrected chi connectivity index (χ0v) is 13.1. The maximum Gasteiger partial charge on any atom is 0.251 e. The van der Waals surface area contributed by atoms with Gasteiger partial charge < -0.3 is 15.6 Å². The van der Waals surface area contributed by atoms with E-state index in [1.165, 1.54) is 28.5 Å². The van der Waals surface area contributed by atoms with Crippen LogP contribution in [0.25, 0.3) is 0 Å². The van der Waals surface area contributed by atoms with Crippen LogP contribution in [0.2, 0.25) is 0 Å². The largest absolute Gasteiger partial charge is 0.398 e. The van der Waals surface area contributed by atoms with Gasteiger partial charge in [0.15, 0.2) is 0 Å². The number of nitrogen functional groups attached to an aromatic ring is 1. The minimum Gasteiger partial charge on any atom is -0.398 e. The molecule has 0 aliphatic carbocycles. The summed E-state index contributed by atoms with van der Waals surface area (Å²) in [6.45, 7) is 6.33. The van der Waals surface area contributed by atoms with Gasteiger partial charge in [-0.1, -0.05) is 32.9 Å². The second-order valence-electron chi connectivity index (χ2n) is 6.30. The number of nitrogens with zero attached hydrogens (tertiary/aromatic N) is 1. The summed E-state index contributed by atoms with van der Waals surface area (Å²) in [6.07, 6.45) is 1.46. The van der Waals surface area contributed by atoms with Crippen LogP contribution in [0.5, 0.6) is 0 Å². The number of hydrogen-bond acceptors (Lipinski definition) is 3. The molecule has 3 N–H and O–H groups in total. The van der Waals surface area contributed by atoms with E-state index in [1.54, 1.807) is 0 Å². The number of rotatable bonds is 3. The lowest BCUT2D eigenvalue weighted by molar-refractivity contribution is -0.116. The number of nitrogens with two attached hydrogens (primary N) is 1. The van der Waals surface area contributed by atoms with Gasteiger partial charge in [-0.2, -0.15) is 0 Å². The standard InChI is InChI=1S/C17H21N3O2/c1-17(2,3)12-4-7-14(8-5-12)19-15(21)11-20-10-13(18)6-9-16(20)22/h4-10H,11,18H2,1-3H3,(H,19,21). The van der Waals surface area contributed by atoms with Gasteiger partial charge in [0.2, 0.25) is 5.91 Å². The molecule has 0 aliphatic rings. The van der Waals surface area contributed by atoms with Crippen molar-refractivity contribution in [3.8, 4) is 0 Å². The minimum atomic E-state index is -0.267. The van der Waals surface area contributed by atoms with Crippen molar-refractivity contribution in [1.29, 1.82) is 0 Å². The fourth-order valence-electron chi connectivity index (χ4n) is 2.08. The maximum absolute atomic E-state index is 12.0. The molecule has 5 heteroatoms. The Morgan fingerprint density at radius 1 is 1.14 bits per heavy atom. The summed E-state index contributed by atoms with van der Waals surface area (Å²) in [5.74, 6) is -0.267. The quantitative estimate of drug-likeness (QED) is 0.913. The molecule has 1 amide bonds.